The predicted molar refractivity (Wildman–Crippen MR) is 83.3 cm³/mol. The summed E-state index contributed by atoms with van der Waals surface area (Å²) in [6, 6.07) is 8.44. The minimum absolute atomic E-state index is 0.135. The van der Waals surface area contributed by atoms with Gasteiger partial charge in [-0.05, 0) is 37.8 Å². The van der Waals surface area contributed by atoms with Crippen LogP contribution in [0.4, 0.5) is 5.69 Å². The molecule has 2 fully saturated rings. The van der Waals surface area contributed by atoms with E-state index in [0.29, 0.717) is 6.54 Å². The molecule has 0 aromatic heterocycles. The van der Waals surface area contributed by atoms with Gasteiger partial charge in [0.15, 0.2) is 0 Å². The Morgan fingerprint density at radius 3 is 2.48 bits per heavy atom. The summed E-state index contributed by atoms with van der Waals surface area (Å²) < 4.78 is 0. The zero-order valence-corrected chi connectivity index (χ0v) is 12.7. The van der Waals surface area contributed by atoms with E-state index in [9.17, 15) is 9.90 Å². The topological polar surface area (TPSA) is 43.8 Å². The quantitative estimate of drug-likeness (QED) is 0.902. The van der Waals surface area contributed by atoms with Crippen molar-refractivity contribution in [3.63, 3.8) is 0 Å². The van der Waals surface area contributed by atoms with Crippen molar-refractivity contribution in [1.29, 1.82) is 0 Å². The summed E-state index contributed by atoms with van der Waals surface area (Å²) in [5.41, 5.74) is 2.59. The minimum atomic E-state index is -0.319. The second kappa shape index (κ2) is 6.06. The number of carbonyl (C=O) groups excluding carboxylic acids is 1. The largest absolute Gasteiger partial charge is 0.391 e. The fourth-order valence-corrected chi connectivity index (χ4v) is 3.49. The number of hydrogen-bond donors (Lipinski definition) is 1. The standard InChI is InChI=1S/C17H24N2O2/c1-13-4-2-3-5-16(13)18-9-6-14(7-10-18)17(21)19-11-8-15(20)12-19/h2-5,14-15,20H,6-12H2,1H3. The average Bonchev–Trinajstić information content (AvgIpc) is 2.94. The van der Waals surface area contributed by atoms with E-state index in [1.807, 2.05) is 4.90 Å². The van der Waals surface area contributed by atoms with Crippen molar-refractivity contribution in [1.82, 2.24) is 4.90 Å². The minimum Gasteiger partial charge on any atom is -0.391 e. The number of aliphatic hydroxyl groups is 1. The molecule has 114 valence electrons. The average molecular weight is 288 g/mol. The lowest BCUT2D eigenvalue weighted by Crippen LogP contribution is -2.42. The van der Waals surface area contributed by atoms with Gasteiger partial charge in [-0.15, -0.1) is 0 Å². The Morgan fingerprint density at radius 2 is 1.86 bits per heavy atom. The number of nitrogens with zero attached hydrogens (tertiary/aromatic N) is 2. The molecular weight excluding hydrogens is 264 g/mol. The summed E-state index contributed by atoms with van der Waals surface area (Å²) in [5, 5.41) is 9.57. The van der Waals surface area contributed by atoms with Gasteiger partial charge in [0.25, 0.3) is 0 Å². The van der Waals surface area contributed by atoms with Crippen LogP contribution in [0, 0.1) is 12.8 Å². The van der Waals surface area contributed by atoms with Crippen LogP contribution >= 0.6 is 0 Å². The summed E-state index contributed by atoms with van der Waals surface area (Å²) in [5.74, 6) is 0.381. The Labute approximate surface area is 126 Å². The molecule has 1 N–H and O–H groups in total. The molecule has 1 amide bonds. The first-order chi connectivity index (χ1) is 10.1. The first-order valence-electron chi connectivity index (χ1n) is 7.92. The molecular formula is C17H24N2O2. The van der Waals surface area contributed by atoms with Gasteiger partial charge in [-0.25, -0.2) is 0 Å². The zero-order valence-electron chi connectivity index (χ0n) is 12.7. The number of carbonyl (C=O) groups is 1. The SMILES string of the molecule is Cc1ccccc1N1CCC(C(=O)N2CCC(O)C2)CC1. The summed E-state index contributed by atoms with van der Waals surface area (Å²) >= 11 is 0. The number of amides is 1. The lowest BCUT2D eigenvalue weighted by atomic mass is 9.94. The second-order valence-corrected chi connectivity index (χ2v) is 6.27. The van der Waals surface area contributed by atoms with Crippen molar-refractivity contribution in [3.05, 3.63) is 29.8 Å². The number of likely N-dealkylation sites (tertiary alicyclic amines) is 1. The maximum absolute atomic E-state index is 12.5. The molecule has 0 spiro atoms. The summed E-state index contributed by atoms with van der Waals surface area (Å²) in [6.45, 7) is 5.27. The molecule has 3 rings (SSSR count). The molecule has 4 heteroatoms. The Hall–Kier alpha value is -1.55. The van der Waals surface area contributed by atoms with Crippen LogP contribution < -0.4 is 4.90 Å². The predicted octanol–water partition coefficient (Wildman–Crippen LogP) is 1.80. The Morgan fingerprint density at radius 1 is 1.14 bits per heavy atom. The van der Waals surface area contributed by atoms with Crippen LogP contribution in [0.5, 0.6) is 0 Å². The highest BCUT2D eigenvalue weighted by molar-refractivity contribution is 5.79. The van der Waals surface area contributed by atoms with E-state index >= 15 is 0 Å². The highest BCUT2D eigenvalue weighted by Crippen LogP contribution is 2.27. The molecule has 4 nitrogen and oxygen atoms in total. The molecule has 0 bridgehead atoms. The number of aryl methyl sites for hydroxylation is 1. The van der Waals surface area contributed by atoms with Crippen LogP contribution in [0.25, 0.3) is 0 Å². The van der Waals surface area contributed by atoms with Gasteiger partial charge < -0.3 is 14.9 Å². The first-order valence-corrected chi connectivity index (χ1v) is 7.92. The van der Waals surface area contributed by atoms with Crippen LogP contribution in [0.15, 0.2) is 24.3 Å². The molecule has 1 aromatic carbocycles. The smallest absolute Gasteiger partial charge is 0.225 e. The van der Waals surface area contributed by atoms with Gasteiger partial charge in [-0.3, -0.25) is 4.79 Å². The van der Waals surface area contributed by atoms with E-state index in [2.05, 4.69) is 36.1 Å². The van der Waals surface area contributed by atoms with Crippen molar-refractivity contribution in [2.45, 2.75) is 32.3 Å². The lowest BCUT2D eigenvalue weighted by molar-refractivity contribution is -0.135. The highest BCUT2D eigenvalue weighted by Gasteiger charge is 2.32. The maximum atomic E-state index is 12.5. The molecule has 0 radical (unpaired) electrons. The molecule has 2 aliphatic heterocycles. The van der Waals surface area contributed by atoms with E-state index in [4.69, 9.17) is 0 Å². The van der Waals surface area contributed by atoms with Crippen LogP contribution in [-0.2, 0) is 4.79 Å². The molecule has 1 aromatic rings. The van der Waals surface area contributed by atoms with Gasteiger partial charge in [-0.1, -0.05) is 18.2 Å². The third-order valence-corrected chi connectivity index (χ3v) is 4.78. The van der Waals surface area contributed by atoms with Gasteiger partial charge >= 0.3 is 0 Å². The van der Waals surface area contributed by atoms with Crippen molar-refractivity contribution >= 4 is 11.6 Å². The summed E-state index contributed by atoms with van der Waals surface area (Å²) in [4.78, 5) is 16.7. The van der Waals surface area contributed by atoms with Gasteiger partial charge in [0, 0.05) is 37.8 Å². The van der Waals surface area contributed by atoms with Gasteiger partial charge in [0.05, 0.1) is 6.10 Å². The molecule has 21 heavy (non-hydrogen) atoms. The number of rotatable bonds is 2. The van der Waals surface area contributed by atoms with Gasteiger partial charge in [0.2, 0.25) is 5.91 Å². The zero-order chi connectivity index (χ0) is 14.8. The number of aliphatic hydroxyl groups excluding tert-OH is 1. The maximum Gasteiger partial charge on any atom is 0.225 e. The molecule has 0 saturated carbocycles. The number of para-hydroxylation sites is 1. The highest BCUT2D eigenvalue weighted by atomic mass is 16.3. The molecule has 1 atom stereocenters. The van der Waals surface area contributed by atoms with Crippen LogP contribution in [0.1, 0.15) is 24.8 Å². The van der Waals surface area contributed by atoms with Gasteiger partial charge in [0.1, 0.15) is 0 Å². The van der Waals surface area contributed by atoms with Crippen molar-refractivity contribution < 1.29 is 9.90 Å². The molecule has 2 saturated heterocycles. The number of anilines is 1. The molecule has 2 heterocycles. The number of β-amino-alcohol motifs (C(OH)–C–C–N with tert-alkyl or cyclic N) is 1. The Balaban J connectivity index is 1.58. The van der Waals surface area contributed by atoms with Crippen molar-refractivity contribution in [2.24, 2.45) is 5.92 Å². The van der Waals surface area contributed by atoms with E-state index in [0.717, 1.165) is 38.9 Å². The lowest BCUT2D eigenvalue weighted by Gasteiger charge is -2.35. The van der Waals surface area contributed by atoms with E-state index in [1.54, 1.807) is 0 Å². The van der Waals surface area contributed by atoms with Crippen LogP contribution in [0.3, 0.4) is 0 Å². The monoisotopic (exact) mass is 288 g/mol. The normalized spacial score (nSPS) is 23.6. The van der Waals surface area contributed by atoms with E-state index in [1.165, 1.54) is 11.3 Å². The van der Waals surface area contributed by atoms with Gasteiger partial charge in [-0.2, -0.15) is 0 Å². The van der Waals surface area contributed by atoms with E-state index in [-0.39, 0.29) is 17.9 Å². The number of benzene rings is 1. The Kier molecular flexibility index (Phi) is 4.15. The second-order valence-electron chi connectivity index (χ2n) is 6.27. The fraction of sp³-hybridized carbons (Fsp3) is 0.588. The van der Waals surface area contributed by atoms with Crippen LogP contribution in [-0.4, -0.2) is 48.2 Å². The third-order valence-electron chi connectivity index (χ3n) is 4.78. The molecule has 1 unspecified atom stereocenters. The Bertz CT molecular complexity index is 509. The van der Waals surface area contributed by atoms with E-state index < -0.39 is 0 Å². The summed E-state index contributed by atoms with van der Waals surface area (Å²) in [6.07, 6.45) is 2.24. The van der Waals surface area contributed by atoms with Crippen LogP contribution in [0.2, 0.25) is 0 Å². The number of hydrogen-bond acceptors (Lipinski definition) is 3. The summed E-state index contributed by atoms with van der Waals surface area (Å²) in [7, 11) is 0. The van der Waals surface area contributed by atoms with Crippen molar-refractivity contribution in [2.75, 3.05) is 31.1 Å². The molecule has 2 aliphatic rings. The molecule has 0 aliphatic carbocycles. The third kappa shape index (κ3) is 3.05. The first kappa shape index (κ1) is 14.4. The van der Waals surface area contributed by atoms with Crippen molar-refractivity contribution in [3.8, 4) is 0 Å². The number of piperidine rings is 1. The fourth-order valence-electron chi connectivity index (χ4n) is 3.49.